The minimum atomic E-state index is -1.04. The molecular formula is C22H18N3NiO3-. The van der Waals surface area contributed by atoms with E-state index in [1.165, 1.54) is 6.20 Å². The second-order valence-electron chi connectivity index (χ2n) is 6.08. The van der Waals surface area contributed by atoms with Gasteiger partial charge >= 0.3 is 5.97 Å². The number of rotatable bonds is 6. The summed E-state index contributed by atoms with van der Waals surface area (Å²) in [6, 6.07) is 19.7. The number of pyridine rings is 1. The van der Waals surface area contributed by atoms with Gasteiger partial charge in [0.2, 0.25) is 0 Å². The van der Waals surface area contributed by atoms with Crippen molar-refractivity contribution >= 4 is 23.3 Å². The molecule has 0 amide bonds. The number of aliphatic carboxylic acids is 1. The normalized spacial score (nSPS) is 11.6. The Balaban J connectivity index is 0.00000300. The quantitative estimate of drug-likeness (QED) is 0.369. The third kappa shape index (κ3) is 5.83. The number of aliphatic imine (C=N–C) groups is 2. The van der Waals surface area contributed by atoms with E-state index < -0.39 is 11.9 Å². The Hall–Kier alpha value is -3.31. The van der Waals surface area contributed by atoms with Gasteiger partial charge in [-0.05, 0) is 30.7 Å². The molecule has 1 aromatic heterocycles. The molecule has 1 heterocycles. The average Bonchev–Trinajstić information content (AvgIpc) is 2.70. The molecule has 29 heavy (non-hydrogen) atoms. The first kappa shape index (κ1) is 22.0. The van der Waals surface area contributed by atoms with Crippen LogP contribution in [0.1, 0.15) is 22.4 Å². The van der Waals surface area contributed by atoms with Gasteiger partial charge in [-0.25, -0.2) is 0 Å². The fourth-order valence-electron chi connectivity index (χ4n) is 2.67. The number of carboxylic acids is 1. The van der Waals surface area contributed by atoms with Crippen molar-refractivity contribution < 1.29 is 31.5 Å². The molecular weight excluding hydrogens is 413 g/mol. The van der Waals surface area contributed by atoms with E-state index in [4.69, 9.17) is 5.11 Å². The van der Waals surface area contributed by atoms with Gasteiger partial charge in [-0.3, -0.25) is 19.8 Å². The van der Waals surface area contributed by atoms with E-state index >= 15 is 0 Å². The maximum absolute atomic E-state index is 12.5. The third-order valence-electron chi connectivity index (χ3n) is 3.93. The topological polar surface area (TPSA) is 98.0 Å². The first-order chi connectivity index (χ1) is 13.5. The summed E-state index contributed by atoms with van der Waals surface area (Å²) >= 11 is 0. The smallest absolute Gasteiger partial charge is 0.325 e. The average molecular weight is 431 g/mol. The predicted octanol–water partition coefficient (Wildman–Crippen LogP) is 2.75. The van der Waals surface area contributed by atoms with Crippen molar-refractivity contribution in [2.45, 2.75) is 6.92 Å². The zero-order valence-electron chi connectivity index (χ0n) is 15.6. The minimum Gasteiger partial charge on any atom is -0.857 e. The van der Waals surface area contributed by atoms with Crippen LogP contribution in [0.15, 0.2) is 82.9 Å². The second-order valence-corrected chi connectivity index (χ2v) is 6.08. The van der Waals surface area contributed by atoms with Crippen LogP contribution in [0, 0.1) is 6.92 Å². The van der Waals surface area contributed by atoms with Gasteiger partial charge in [0.25, 0.3) is 0 Å². The van der Waals surface area contributed by atoms with Gasteiger partial charge in [-0.1, -0.05) is 48.5 Å². The fraction of sp³-hybridized carbons (Fsp3) is 0.0909. The van der Waals surface area contributed by atoms with Gasteiger partial charge in [0.15, 0.2) is 0 Å². The number of benzene rings is 2. The number of hydrogen-bond donors (Lipinski definition) is 1. The first-order valence-corrected chi connectivity index (χ1v) is 8.64. The molecule has 0 aliphatic rings. The van der Waals surface area contributed by atoms with Crippen LogP contribution in [0.4, 0.5) is 5.69 Å². The van der Waals surface area contributed by atoms with Crippen LogP contribution in [-0.4, -0.2) is 34.2 Å². The third-order valence-corrected chi connectivity index (χ3v) is 3.93. The van der Waals surface area contributed by atoms with E-state index in [-0.39, 0.29) is 28.7 Å². The summed E-state index contributed by atoms with van der Waals surface area (Å²) in [5, 5.41) is 21.6. The van der Waals surface area contributed by atoms with Crippen molar-refractivity contribution in [2.75, 3.05) is 6.54 Å². The Labute approximate surface area is 178 Å². The van der Waals surface area contributed by atoms with E-state index in [2.05, 4.69) is 15.0 Å². The molecule has 0 saturated carbocycles. The molecule has 3 rings (SSSR count). The number of carboxylic acid groups (broad SMARTS) is 1. The molecule has 1 N–H and O–H groups in total. The van der Waals surface area contributed by atoms with Gasteiger partial charge in [0.1, 0.15) is 6.54 Å². The molecule has 0 saturated heterocycles. The molecule has 2 aromatic carbocycles. The van der Waals surface area contributed by atoms with Crippen LogP contribution in [0.5, 0.6) is 0 Å². The van der Waals surface area contributed by atoms with Crippen LogP contribution in [0.2, 0.25) is 0 Å². The van der Waals surface area contributed by atoms with E-state index in [1.807, 2.05) is 43.3 Å². The summed E-state index contributed by atoms with van der Waals surface area (Å²) in [6.07, 6.45) is 1.53. The standard InChI is InChI=1S/C22H19N3O3.Ni/c1-15-10-11-17(19(13-15)25-22(28)18-9-5-6-12-23-18)21(24-14-20(26)27)16-7-3-2-4-8-16;/h2-13H,14H2,1H3,(H,25,28)(H,26,27);/p-1. The van der Waals surface area contributed by atoms with Crippen molar-refractivity contribution in [1.29, 1.82) is 0 Å². The first-order valence-electron chi connectivity index (χ1n) is 8.64. The van der Waals surface area contributed by atoms with E-state index in [0.29, 0.717) is 17.0 Å². The Morgan fingerprint density at radius 3 is 2.45 bits per heavy atom. The second kappa shape index (κ2) is 10.3. The van der Waals surface area contributed by atoms with E-state index in [9.17, 15) is 9.90 Å². The zero-order valence-corrected chi connectivity index (χ0v) is 16.5. The van der Waals surface area contributed by atoms with Crippen molar-refractivity contribution in [3.8, 4) is 0 Å². The Morgan fingerprint density at radius 2 is 1.79 bits per heavy atom. The van der Waals surface area contributed by atoms with Crippen LogP contribution in [0.3, 0.4) is 0 Å². The molecule has 0 aliphatic carbocycles. The molecule has 3 aromatic rings. The number of aromatic nitrogens is 1. The predicted molar refractivity (Wildman–Crippen MR) is 106 cm³/mol. The summed E-state index contributed by atoms with van der Waals surface area (Å²) in [5.74, 6) is -1.51. The fourth-order valence-corrected chi connectivity index (χ4v) is 2.67. The van der Waals surface area contributed by atoms with Crippen molar-refractivity contribution in [1.82, 2.24) is 4.98 Å². The molecule has 0 fully saturated rings. The van der Waals surface area contributed by atoms with Crippen molar-refractivity contribution in [3.05, 3.63) is 95.3 Å². The molecule has 0 radical (unpaired) electrons. The molecule has 0 bridgehead atoms. The number of aryl methyl sites for hydroxylation is 1. The zero-order chi connectivity index (χ0) is 19.9. The largest absolute Gasteiger partial charge is 0.857 e. The summed E-state index contributed by atoms with van der Waals surface area (Å²) < 4.78 is 0. The number of nitrogens with zero attached hydrogens (tertiary/aromatic N) is 3. The SMILES string of the molecule is Cc1ccc(C(=NCC(=O)O)c2ccccc2)c(N=C([O-])c2ccccn2)c1.[Ni]. The van der Waals surface area contributed by atoms with Crippen LogP contribution < -0.4 is 5.11 Å². The van der Waals surface area contributed by atoms with E-state index in [0.717, 1.165) is 11.1 Å². The molecule has 0 atom stereocenters. The Morgan fingerprint density at radius 1 is 1.07 bits per heavy atom. The molecule has 0 spiro atoms. The molecule has 7 heteroatoms. The van der Waals surface area contributed by atoms with Gasteiger partial charge in [0.05, 0.1) is 17.1 Å². The van der Waals surface area contributed by atoms with Crippen LogP contribution >= 0.6 is 0 Å². The van der Waals surface area contributed by atoms with Crippen LogP contribution in [0.25, 0.3) is 0 Å². The van der Waals surface area contributed by atoms with Gasteiger partial charge in [-0.2, -0.15) is 0 Å². The summed E-state index contributed by atoms with van der Waals surface area (Å²) in [5.41, 5.74) is 3.37. The Bertz CT molecular complexity index is 1040. The summed E-state index contributed by atoms with van der Waals surface area (Å²) in [6.45, 7) is 1.51. The van der Waals surface area contributed by atoms with E-state index in [1.54, 1.807) is 30.3 Å². The van der Waals surface area contributed by atoms with Gasteiger partial charge in [0, 0.05) is 39.7 Å². The minimum absolute atomic E-state index is 0. The van der Waals surface area contributed by atoms with Crippen molar-refractivity contribution in [3.63, 3.8) is 0 Å². The van der Waals surface area contributed by atoms with Gasteiger partial charge in [-0.15, -0.1) is 0 Å². The van der Waals surface area contributed by atoms with Crippen LogP contribution in [-0.2, 0) is 21.3 Å². The molecule has 6 nitrogen and oxygen atoms in total. The van der Waals surface area contributed by atoms with Gasteiger partial charge < -0.3 is 10.2 Å². The maximum atomic E-state index is 12.5. The molecule has 0 unspecified atom stereocenters. The summed E-state index contributed by atoms with van der Waals surface area (Å²) in [4.78, 5) is 23.6. The number of carbonyl (C=O) groups is 1. The summed E-state index contributed by atoms with van der Waals surface area (Å²) in [7, 11) is 0. The number of hydrogen-bond acceptors (Lipinski definition) is 5. The maximum Gasteiger partial charge on any atom is 0.325 e. The molecule has 150 valence electrons. The molecule has 0 aliphatic heterocycles. The van der Waals surface area contributed by atoms with Crippen molar-refractivity contribution in [2.24, 2.45) is 9.98 Å². The monoisotopic (exact) mass is 430 g/mol. The Kier molecular flexibility index (Phi) is 7.81.